The van der Waals surface area contributed by atoms with Crippen molar-refractivity contribution in [3.05, 3.63) is 53.6 Å². The summed E-state index contributed by atoms with van der Waals surface area (Å²) < 4.78 is 1.95. The van der Waals surface area contributed by atoms with Gasteiger partial charge < -0.3 is 14.8 Å². The van der Waals surface area contributed by atoms with Crippen molar-refractivity contribution in [2.45, 2.75) is 45.7 Å². The first-order valence-electron chi connectivity index (χ1n) is 11.3. The maximum atomic E-state index is 12.7. The molecule has 0 aliphatic rings. The van der Waals surface area contributed by atoms with Gasteiger partial charge in [0.25, 0.3) is 0 Å². The molecule has 0 spiro atoms. The molecule has 1 aromatic heterocycles. The molecule has 2 aromatic carbocycles. The number of amides is 1. The fourth-order valence-electron chi connectivity index (χ4n) is 3.81. The average Bonchev–Trinajstić information content (AvgIpc) is 3.19. The molecule has 0 bridgehead atoms. The molecule has 170 valence electrons. The zero-order valence-electron chi connectivity index (χ0n) is 19.7. The number of hydrogen-bond acceptors (Lipinski definition) is 5. The Balaban J connectivity index is 1.67. The highest BCUT2D eigenvalue weighted by atomic mass is 32.2. The summed E-state index contributed by atoms with van der Waals surface area (Å²) in [4.78, 5) is 15.0. The predicted octanol–water partition coefficient (Wildman–Crippen LogP) is 5.18. The molecule has 0 saturated heterocycles. The molecule has 7 heteroatoms. The lowest BCUT2D eigenvalue weighted by Crippen LogP contribution is -2.21. The number of carbonyl (C=O) groups excluding carboxylic acids is 1. The number of rotatable bonds is 10. The average molecular weight is 452 g/mol. The van der Waals surface area contributed by atoms with E-state index in [1.54, 1.807) is 0 Å². The number of nitrogens with one attached hydrogen (secondary N) is 1. The van der Waals surface area contributed by atoms with Gasteiger partial charge in [-0.15, -0.1) is 10.2 Å². The van der Waals surface area contributed by atoms with Crippen LogP contribution in [0.2, 0.25) is 0 Å². The van der Waals surface area contributed by atoms with Gasteiger partial charge in [0.15, 0.2) is 11.0 Å². The van der Waals surface area contributed by atoms with Crippen LogP contribution in [0.5, 0.6) is 0 Å². The molecule has 0 aliphatic carbocycles. The molecule has 1 N–H and O–H groups in total. The second-order valence-electron chi connectivity index (χ2n) is 7.58. The van der Waals surface area contributed by atoms with Crippen LogP contribution in [0, 0.1) is 0 Å². The Hall–Kier alpha value is -2.80. The molecular weight excluding hydrogens is 418 g/mol. The van der Waals surface area contributed by atoms with E-state index >= 15 is 0 Å². The molecule has 1 amide bonds. The van der Waals surface area contributed by atoms with Gasteiger partial charge in [0, 0.05) is 37.1 Å². The summed E-state index contributed by atoms with van der Waals surface area (Å²) >= 11 is 1.40. The summed E-state index contributed by atoms with van der Waals surface area (Å²) in [5, 5.41) is 12.5. The van der Waals surface area contributed by atoms with Gasteiger partial charge in [-0.25, -0.2) is 0 Å². The van der Waals surface area contributed by atoms with Crippen LogP contribution >= 0.6 is 11.8 Å². The maximum Gasteiger partial charge on any atom is 0.234 e. The Kier molecular flexibility index (Phi) is 8.33. The lowest BCUT2D eigenvalue weighted by atomic mass is 10.0. The van der Waals surface area contributed by atoms with Crippen molar-refractivity contribution >= 4 is 29.0 Å². The van der Waals surface area contributed by atoms with Crippen LogP contribution in [0.4, 0.5) is 11.4 Å². The molecule has 0 saturated carbocycles. The maximum absolute atomic E-state index is 12.7. The standard InChI is InChI=1S/C25H33N5OS/c1-6-18-11-10-12-19(7-2)23(18)26-22(31)17-32-25-28-27-24(29(25)5)20-13-15-21(16-14-20)30(8-3)9-4/h10-16H,6-9,17H2,1-5H3,(H,26,31). The van der Waals surface area contributed by atoms with E-state index in [0.29, 0.717) is 0 Å². The van der Waals surface area contributed by atoms with Gasteiger partial charge in [-0.3, -0.25) is 4.79 Å². The van der Waals surface area contributed by atoms with E-state index in [2.05, 4.69) is 90.6 Å². The Morgan fingerprint density at radius 2 is 1.59 bits per heavy atom. The van der Waals surface area contributed by atoms with Crippen LogP contribution in [0.3, 0.4) is 0 Å². The Morgan fingerprint density at radius 1 is 0.969 bits per heavy atom. The highest BCUT2D eigenvalue weighted by Crippen LogP contribution is 2.26. The molecule has 6 nitrogen and oxygen atoms in total. The molecule has 3 aromatic rings. The van der Waals surface area contributed by atoms with Crippen LogP contribution in [0.15, 0.2) is 47.6 Å². The van der Waals surface area contributed by atoms with Gasteiger partial charge in [-0.2, -0.15) is 0 Å². The summed E-state index contributed by atoms with van der Waals surface area (Å²) in [6.07, 6.45) is 1.77. The van der Waals surface area contributed by atoms with E-state index < -0.39 is 0 Å². The number of nitrogens with zero attached hydrogens (tertiary/aromatic N) is 4. The fourth-order valence-corrected chi connectivity index (χ4v) is 4.52. The van der Waals surface area contributed by atoms with Crippen LogP contribution in [-0.4, -0.2) is 39.5 Å². The molecule has 0 radical (unpaired) electrons. The van der Waals surface area contributed by atoms with E-state index in [0.717, 1.165) is 59.3 Å². The first kappa shape index (κ1) is 23.9. The minimum atomic E-state index is -0.0290. The number of thioether (sulfide) groups is 1. The lowest BCUT2D eigenvalue weighted by Gasteiger charge is -2.21. The van der Waals surface area contributed by atoms with Crippen molar-refractivity contribution in [1.82, 2.24) is 14.8 Å². The number of hydrogen-bond donors (Lipinski definition) is 1. The van der Waals surface area contributed by atoms with E-state index in [4.69, 9.17) is 0 Å². The molecule has 0 atom stereocenters. The van der Waals surface area contributed by atoms with Gasteiger partial charge >= 0.3 is 0 Å². The van der Waals surface area contributed by atoms with Crippen molar-refractivity contribution in [2.75, 3.05) is 29.1 Å². The Labute approximate surface area is 195 Å². The fraction of sp³-hybridized carbons (Fsp3) is 0.400. The minimum absolute atomic E-state index is 0.0290. The minimum Gasteiger partial charge on any atom is -0.372 e. The molecular formula is C25H33N5OS. The van der Waals surface area contributed by atoms with Crippen LogP contribution < -0.4 is 10.2 Å². The molecule has 3 rings (SSSR count). The predicted molar refractivity (Wildman–Crippen MR) is 135 cm³/mol. The van der Waals surface area contributed by atoms with Gasteiger partial charge in [0.1, 0.15) is 0 Å². The SMILES string of the molecule is CCc1cccc(CC)c1NC(=O)CSc1nnc(-c2ccc(N(CC)CC)cc2)n1C. The normalized spacial score (nSPS) is 10.9. The quantitative estimate of drug-likeness (QED) is 0.430. The third-order valence-corrected chi connectivity index (χ3v) is 6.70. The van der Waals surface area contributed by atoms with Gasteiger partial charge in [-0.1, -0.05) is 43.8 Å². The smallest absolute Gasteiger partial charge is 0.234 e. The number of benzene rings is 2. The van der Waals surface area contributed by atoms with Crippen LogP contribution in [0.1, 0.15) is 38.8 Å². The Morgan fingerprint density at radius 3 is 2.16 bits per heavy atom. The number of aryl methyl sites for hydroxylation is 2. The largest absolute Gasteiger partial charge is 0.372 e. The van der Waals surface area contributed by atoms with Gasteiger partial charge in [0.2, 0.25) is 5.91 Å². The van der Waals surface area contributed by atoms with Gasteiger partial charge in [0.05, 0.1) is 5.75 Å². The van der Waals surface area contributed by atoms with Crippen molar-refractivity contribution in [1.29, 1.82) is 0 Å². The molecule has 32 heavy (non-hydrogen) atoms. The zero-order valence-corrected chi connectivity index (χ0v) is 20.5. The van der Waals surface area contributed by atoms with Crippen molar-refractivity contribution in [3.8, 4) is 11.4 Å². The highest BCUT2D eigenvalue weighted by molar-refractivity contribution is 7.99. The summed E-state index contributed by atoms with van der Waals surface area (Å²) in [5.41, 5.74) is 5.49. The molecule has 0 aliphatic heterocycles. The number of aromatic nitrogens is 3. The number of anilines is 2. The Bertz CT molecular complexity index is 1020. The summed E-state index contributed by atoms with van der Waals surface area (Å²) in [7, 11) is 1.94. The van der Waals surface area contributed by atoms with Gasteiger partial charge in [-0.05, 0) is 62.1 Å². The summed E-state index contributed by atoms with van der Waals surface area (Å²) in [6.45, 7) is 10.5. The third-order valence-electron chi connectivity index (χ3n) is 5.68. The number of para-hydroxylation sites is 1. The first-order chi connectivity index (χ1) is 15.5. The van der Waals surface area contributed by atoms with E-state index in [1.165, 1.54) is 17.4 Å². The second kappa shape index (κ2) is 11.2. The van der Waals surface area contributed by atoms with Crippen molar-refractivity contribution in [2.24, 2.45) is 7.05 Å². The number of carbonyl (C=O) groups is 1. The summed E-state index contributed by atoms with van der Waals surface area (Å²) in [6, 6.07) is 14.6. The van der Waals surface area contributed by atoms with Crippen LogP contribution in [0.25, 0.3) is 11.4 Å². The van der Waals surface area contributed by atoms with E-state index in [-0.39, 0.29) is 11.7 Å². The molecule has 0 fully saturated rings. The zero-order chi connectivity index (χ0) is 23.1. The van der Waals surface area contributed by atoms with Crippen molar-refractivity contribution in [3.63, 3.8) is 0 Å². The third kappa shape index (κ3) is 5.33. The topological polar surface area (TPSA) is 63.1 Å². The van der Waals surface area contributed by atoms with E-state index in [1.807, 2.05) is 11.6 Å². The first-order valence-corrected chi connectivity index (χ1v) is 12.3. The molecule has 1 heterocycles. The highest BCUT2D eigenvalue weighted by Gasteiger charge is 2.15. The lowest BCUT2D eigenvalue weighted by molar-refractivity contribution is -0.113. The van der Waals surface area contributed by atoms with E-state index in [9.17, 15) is 4.79 Å². The van der Waals surface area contributed by atoms with Crippen LogP contribution in [-0.2, 0) is 24.7 Å². The summed E-state index contributed by atoms with van der Waals surface area (Å²) in [5.74, 6) is 1.05. The second-order valence-corrected chi connectivity index (χ2v) is 8.52. The monoisotopic (exact) mass is 451 g/mol. The molecule has 0 unspecified atom stereocenters. The van der Waals surface area contributed by atoms with Crippen molar-refractivity contribution < 1.29 is 4.79 Å².